The van der Waals surface area contributed by atoms with Gasteiger partial charge in [0, 0.05) is 27.3 Å². The molecule has 7 heteroatoms. The van der Waals surface area contributed by atoms with Crippen LogP contribution in [0.15, 0.2) is 21.8 Å². The molecule has 92 valence electrons. The number of hydrogen-bond acceptors (Lipinski definition) is 4. The Labute approximate surface area is 112 Å². The Bertz CT molecular complexity index is 457. The molecule has 1 amide bonds. The van der Waals surface area contributed by atoms with Gasteiger partial charge in [-0.1, -0.05) is 0 Å². The Kier molecular flexibility index (Phi) is 3.60. The van der Waals surface area contributed by atoms with Crippen LogP contribution in [0.3, 0.4) is 0 Å². The van der Waals surface area contributed by atoms with Gasteiger partial charge in [-0.25, -0.2) is 4.79 Å². The van der Waals surface area contributed by atoms with Crippen molar-refractivity contribution in [2.75, 3.05) is 6.54 Å². The first-order valence-electron chi connectivity index (χ1n) is 5.00. The van der Waals surface area contributed by atoms with Crippen LogP contribution in [0.25, 0.3) is 0 Å². The first-order valence-corrected chi connectivity index (χ1v) is 6.24. The van der Waals surface area contributed by atoms with Crippen LogP contribution in [0.2, 0.25) is 0 Å². The predicted octanol–water partition coefficient (Wildman–Crippen LogP) is 1.92. The monoisotopic (exact) mass is 318 g/mol. The lowest BCUT2D eigenvalue weighted by Gasteiger charge is -2.22. The van der Waals surface area contributed by atoms with Gasteiger partial charge in [-0.3, -0.25) is 9.88 Å². The second-order valence-corrected chi connectivity index (χ2v) is 5.20. The van der Waals surface area contributed by atoms with E-state index < -0.39 is 12.2 Å². The maximum atomic E-state index is 11.1. The Morgan fingerprint density at radius 1 is 1.59 bits per heavy atom. The summed E-state index contributed by atoms with van der Waals surface area (Å²) in [5.74, 6) is 0. The van der Waals surface area contributed by atoms with Gasteiger partial charge in [0.25, 0.3) is 0 Å². The highest BCUT2D eigenvalue weighted by atomic mass is 79.9. The molecular weight excluding hydrogens is 308 g/mol. The van der Waals surface area contributed by atoms with Crippen LogP contribution in [-0.4, -0.2) is 38.8 Å². The number of hydrogen-bond donors (Lipinski definition) is 3. The van der Waals surface area contributed by atoms with E-state index in [4.69, 9.17) is 5.11 Å². The molecule has 1 fully saturated rings. The molecule has 0 saturated carbocycles. The van der Waals surface area contributed by atoms with E-state index in [-0.39, 0.29) is 12.6 Å². The van der Waals surface area contributed by atoms with Gasteiger partial charge >= 0.3 is 6.09 Å². The van der Waals surface area contributed by atoms with Crippen molar-refractivity contribution in [2.24, 2.45) is 0 Å². The standard InChI is InChI=1S/C10H11BrN2O3S/c11-7-3-12-2-6(9(7)17)8-1-5(14)4-13(8)10(15)16/h2-3,5,8,14H,1,4H2,(H,12,17)(H,15,16)/t5-,8+/m1/s1. The zero-order valence-corrected chi connectivity index (χ0v) is 11.2. The molecule has 5 nitrogen and oxygen atoms in total. The van der Waals surface area contributed by atoms with Gasteiger partial charge in [-0.15, -0.1) is 12.6 Å². The molecule has 1 aliphatic heterocycles. The van der Waals surface area contributed by atoms with E-state index in [1.807, 2.05) is 0 Å². The lowest BCUT2D eigenvalue weighted by atomic mass is 10.1. The highest BCUT2D eigenvalue weighted by molar-refractivity contribution is 9.10. The van der Waals surface area contributed by atoms with E-state index in [1.54, 1.807) is 12.4 Å². The van der Waals surface area contributed by atoms with Crippen molar-refractivity contribution < 1.29 is 15.0 Å². The molecule has 17 heavy (non-hydrogen) atoms. The molecule has 2 atom stereocenters. The molecular formula is C10H11BrN2O3S. The number of aliphatic hydroxyl groups is 1. The third-order valence-electron chi connectivity index (χ3n) is 2.78. The zero-order valence-electron chi connectivity index (χ0n) is 8.75. The predicted molar refractivity (Wildman–Crippen MR) is 67.3 cm³/mol. The Hall–Kier alpha value is -0.790. The molecule has 0 aromatic carbocycles. The Balaban J connectivity index is 2.38. The molecule has 2 N–H and O–H groups in total. The third kappa shape index (κ3) is 2.41. The van der Waals surface area contributed by atoms with Crippen molar-refractivity contribution in [3.63, 3.8) is 0 Å². The largest absolute Gasteiger partial charge is 0.465 e. The van der Waals surface area contributed by atoms with Crippen molar-refractivity contribution in [1.29, 1.82) is 0 Å². The maximum absolute atomic E-state index is 11.1. The summed E-state index contributed by atoms with van der Waals surface area (Å²) >= 11 is 7.63. The minimum absolute atomic E-state index is 0.125. The maximum Gasteiger partial charge on any atom is 0.407 e. The van der Waals surface area contributed by atoms with Crippen LogP contribution in [0, 0.1) is 0 Å². The fraction of sp³-hybridized carbons (Fsp3) is 0.400. The molecule has 0 spiro atoms. The molecule has 2 heterocycles. The van der Waals surface area contributed by atoms with Crippen LogP contribution in [0.4, 0.5) is 4.79 Å². The number of thiol groups is 1. The number of halogens is 1. The first kappa shape index (κ1) is 12.7. The van der Waals surface area contributed by atoms with Crippen molar-refractivity contribution in [3.8, 4) is 0 Å². The molecule has 0 bridgehead atoms. The number of rotatable bonds is 1. The summed E-state index contributed by atoms with van der Waals surface area (Å²) in [5.41, 5.74) is 0.710. The van der Waals surface area contributed by atoms with E-state index in [2.05, 4.69) is 33.5 Å². The molecule has 1 saturated heterocycles. The summed E-state index contributed by atoms with van der Waals surface area (Å²) in [6, 6.07) is -0.389. The van der Waals surface area contributed by atoms with Crippen LogP contribution >= 0.6 is 28.6 Å². The number of pyridine rings is 1. The van der Waals surface area contributed by atoms with E-state index in [0.717, 1.165) is 0 Å². The van der Waals surface area contributed by atoms with E-state index in [9.17, 15) is 9.90 Å². The van der Waals surface area contributed by atoms with Crippen molar-refractivity contribution in [2.45, 2.75) is 23.5 Å². The Morgan fingerprint density at radius 3 is 2.94 bits per heavy atom. The van der Waals surface area contributed by atoms with Crippen LogP contribution in [0.1, 0.15) is 18.0 Å². The average Bonchev–Trinajstić information content (AvgIpc) is 2.64. The SMILES string of the molecule is O=C(O)N1C[C@H](O)C[C@H]1c1cncc(Br)c1S. The van der Waals surface area contributed by atoms with E-state index in [0.29, 0.717) is 21.4 Å². The number of aliphatic hydroxyl groups excluding tert-OH is 1. The molecule has 1 aromatic heterocycles. The van der Waals surface area contributed by atoms with E-state index in [1.165, 1.54) is 4.90 Å². The molecule has 0 unspecified atom stereocenters. The fourth-order valence-electron chi connectivity index (χ4n) is 2.01. The summed E-state index contributed by atoms with van der Waals surface area (Å²) in [5, 5.41) is 18.7. The lowest BCUT2D eigenvalue weighted by molar-refractivity contribution is 0.131. The van der Waals surface area contributed by atoms with Crippen molar-refractivity contribution in [1.82, 2.24) is 9.88 Å². The second kappa shape index (κ2) is 4.83. The van der Waals surface area contributed by atoms with Crippen molar-refractivity contribution >= 4 is 34.7 Å². The van der Waals surface area contributed by atoms with Crippen LogP contribution < -0.4 is 0 Å². The molecule has 1 aromatic rings. The highest BCUT2D eigenvalue weighted by Gasteiger charge is 2.36. The number of amides is 1. The molecule has 0 radical (unpaired) electrons. The summed E-state index contributed by atoms with van der Waals surface area (Å²) in [6.07, 6.45) is 1.88. The van der Waals surface area contributed by atoms with Gasteiger partial charge in [0.15, 0.2) is 0 Å². The number of carbonyl (C=O) groups is 1. The van der Waals surface area contributed by atoms with Crippen molar-refractivity contribution in [3.05, 3.63) is 22.4 Å². The number of likely N-dealkylation sites (tertiary alicyclic amines) is 1. The lowest BCUT2D eigenvalue weighted by Crippen LogP contribution is -2.30. The van der Waals surface area contributed by atoms with Gasteiger partial charge in [0.2, 0.25) is 0 Å². The summed E-state index contributed by atoms with van der Waals surface area (Å²) in [6.45, 7) is 0.125. The summed E-state index contributed by atoms with van der Waals surface area (Å²) in [4.78, 5) is 17.0. The van der Waals surface area contributed by atoms with Crippen LogP contribution in [0.5, 0.6) is 0 Å². The topological polar surface area (TPSA) is 73.7 Å². The molecule has 0 aliphatic carbocycles. The van der Waals surface area contributed by atoms with Gasteiger partial charge in [0.05, 0.1) is 18.7 Å². The number of aromatic nitrogens is 1. The van der Waals surface area contributed by atoms with Gasteiger partial charge < -0.3 is 10.2 Å². The smallest absolute Gasteiger partial charge is 0.407 e. The van der Waals surface area contributed by atoms with E-state index >= 15 is 0 Å². The summed E-state index contributed by atoms with van der Waals surface area (Å²) in [7, 11) is 0. The second-order valence-electron chi connectivity index (χ2n) is 3.90. The number of nitrogens with zero attached hydrogens (tertiary/aromatic N) is 2. The van der Waals surface area contributed by atoms with Crippen LogP contribution in [-0.2, 0) is 0 Å². The normalized spacial score (nSPS) is 24.1. The average molecular weight is 319 g/mol. The molecule has 1 aliphatic rings. The third-order valence-corrected chi connectivity index (χ3v) is 4.19. The quantitative estimate of drug-likeness (QED) is 0.692. The molecule has 2 rings (SSSR count). The fourth-order valence-corrected chi connectivity index (χ4v) is 2.62. The first-order chi connectivity index (χ1) is 8.00. The minimum Gasteiger partial charge on any atom is -0.465 e. The van der Waals surface area contributed by atoms with Gasteiger partial charge in [-0.05, 0) is 22.4 Å². The highest BCUT2D eigenvalue weighted by Crippen LogP contribution is 2.37. The van der Waals surface area contributed by atoms with Gasteiger partial charge in [0.1, 0.15) is 0 Å². The number of β-amino-alcohol motifs (C(OH)–C–C–N with tert-alkyl or cyclic N) is 1. The Morgan fingerprint density at radius 2 is 2.29 bits per heavy atom. The minimum atomic E-state index is -1.04. The summed E-state index contributed by atoms with van der Waals surface area (Å²) < 4.78 is 0.713. The zero-order chi connectivity index (χ0) is 12.6. The van der Waals surface area contributed by atoms with Gasteiger partial charge in [-0.2, -0.15) is 0 Å². The number of carboxylic acid groups (broad SMARTS) is 1.